The molecule has 0 saturated heterocycles. The van der Waals surface area contributed by atoms with Crippen LogP contribution in [0.15, 0.2) is 24.3 Å². The third-order valence-electron chi connectivity index (χ3n) is 1.13. The summed E-state index contributed by atoms with van der Waals surface area (Å²) in [4.78, 5) is 0. The third kappa shape index (κ3) is 2.04. The molecule has 0 bridgehead atoms. The van der Waals surface area contributed by atoms with E-state index in [0.29, 0.717) is 0 Å². The van der Waals surface area contributed by atoms with E-state index in [2.05, 4.69) is 11.8 Å². The van der Waals surface area contributed by atoms with Gasteiger partial charge in [0, 0.05) is 11.5 Å². The Kier molecular flexibility index (Phi) is 2.15. The molecule has 1 aromatic rings. The lowest BCUT2D eigenvalue weighted by atomic mass is 10.2. The fraction of sp³-hybridized carbons (Fsp3) is 0. The van der Waals surface area contributed by atoms with Gasteiger partial charge in [0.25, 0.3) is 0 Å². The van der Waals surface area contributed by atoms with Crippen LogP contribution in [0.2, 0.25) is 0 Å². The summed E-state index contributed by atoms with van der Waals surface area (Å²) in [5.74, 6) is 5.06. The minimum Gasteiger partial charge on any atom is -0.508 e. The Balaban J connectivity index is 2.93. The average Bonchev–Trinajstić information content (AvgIpc) is 2.04. The van der Waals surface area contributed by atoms with Crippen molar-refractivity contribution in [3.8, 4) is 23.7 Å². The van der Waals surface area contributed by atoms with Gasteiger partial charge in [-0.05, 0) is 24.3 Å². The predicted molar refractivity (Wildman–Crippen MR) is 40.6 cm³/mol. The summed E-state index contributed by atoms with van der Waals surface area (Å²) in [6, 6.07) is 8.07. The van der Waals surface area contributed by atoms with E-state index in [1.807, 2.05) is 0 Å². The number of benzene rings is 1. The highest BCUT2D eigenvalue weighted by atomic mass is 16.3. The Bertz CT molecular complexity index is 335. The van der Waals surface area contributed by atoms with E-state index in [4.69, 9.17) is 10.4 Å². The minimum absolute atomic E-state index is 0.201. The van der Waals surface area contributed by atoms with Crippen molar-refractivity contribution in [3.63, 3.8) is 0 Å². The number of aromatic hydroxyl groups is 1. The predicted octanol–water partition coefficient (Wildman–Crippen LogP) is 1.27. The van der Waals surface area contributed by atoms with Crippen molar-refractivity contribution < 1.29 is 5.11 Å². The molecular formula is C9H5NO. The molecule has 0 aliphatic heterocycles. The van der Waals surface area contributed by atoms with Gasteiger partial charge in [-0.25, -0.2) is 0 Å². The van der Waals surface area contributed by atoms with Gasteiger partial charge in [0.2, 0.25) is 0 Å². The SMILES string of the molecule is N#CC#Cc1ccc(O)cc1. The maximum Gasteiger partial charge on any atom is 0.152 e. The molecule has 11 heavy (non-hydrogen) atoms. The maximum atomic E-state index is 8.87. The number of hydrogen-bond donors (Lipinski definition) is 1. The lowest BCUT2D eigenvalue weighted by Crippen LogP contribution is -1.70. The van der Waals surface area contributed by atoms with E-state index < -0.39 is 0 Å². The van der Waals surface area contributed by atoms with Gasteiger partial charge in [-0.1, -0.05) is 5.92 Å². The molecule has 0 unspecified atom stereocenters. The first-order valence-corrected chi connectivity index (χ1v) is 3.02. The van der Waals surface area contributed by atoms with E-state index >= 15 is 0 Å². The summed E-state index contributed by atoms with van der Waals surface area (Å²) in [6.07, 6.45) is 0. The normalized spacial score (nSPS) is 7.55. The molecular weight excluding hydrogens is 138 g/mol. The van der Waals surface area contributed by atoms with E-state index in [1.54, 1.807) is 18.2 Å². The maximum absolute atomic E-state index is 8.87. The van der Waals surface area contributed by atoms with Crippen molar-refractivity contribution in [2.75, 3.05) is 0 Å². The minimum atomic E-state index is 0.201. The van der Waals surface area contributed by atoms with Crippen LogP contribution in [0, 0.1) is 23.2 Å². The Morgan fingerprint density at radius 3 is 2.36 bits per heavy atom. The third-order valence-corrected chi connectivity index (χ3v) is 1.13. The number of phenols is 1. The first-order valence-electron chi connectivity index (χ1n) is 3.02. The fourth-order valence-corrected chi connectivity index (χ4v) is 0.645. The number of hydrogen-bond acceptors (Lipinski definition) is 2. The summed E-state index contributed by atoms with van der Waals surface area (Å²) >= 11 is 0. The van der Waals surface area contributed by atoms with Crippen LogP contribution in [0.3, 0.4) is 0 Å². The molecule has 0 radical (unpaired) electrons. The number of rotatable bonds is 0. The first kappa shape index (κ1) is 7.18. The van der Waals surface area contributed by atoms with Gasteiger partial charge in [0.15, 0.2) is 6.07 Å². The molecule has 0 aliphatic rings. The Labute approximate surface area is 64.7 Å². The monoisotopic (exact) mass is 143 g/mol. The molecule has 1 rings (SSSR count). The van der Waals surface area contributed by atoms with Crippen LogP contribution in [0.5, 0.6) is 5.75 Å². The van der Waals surface area contributed by atoms with Gasteiger partial charge < -0.3 is 5.11 Å². The van der Waals surface area contributed by atoms with Crippen molar-refractivity contribution in [2.45, 2.75) is 0 Å². The topological polar surface area (TPSA) is 44.0 Å². The highest BCUT2D eigenvalue weighted by Crippen LogP contribution is 2.07. The van der Waals surface area contributed by atoms with Crippen LogP contribution >= 0.6 is 0 Å². The molecule has 2 heteroatoms. The van der Waals surface area contributed by atoms with Crippen LogP contribution in [0.25, 0.3) is 0 Å². The molecule has 1 aromatic carbocycles. The zero-order valence-corrected chi connectivity index (χ0v) is 5.70. The summed E-state index contributed by atoms with van der Waals surface area (Å²) in [7, 11) is 0. The lowest BCUT2D eigenvalue weighted by Gasteiger charge is -1.89. The summed E-state index contributed by atoms with van der Waals surface area (Å²) in [6.45, 7) is 0. The summed E-state index contributed by atoms with van der Waals surface area (Å²) < 4.78 is 0. The second-order valence-electron chi connectivity index (χ2n) is 1.91. The molecule has 0 aromatic heterocycles. The first-order chi connectivity index (χ1) is 5.33. The van der Waals surface area contributed by atoms with Crippen molar-refractivity contribution >= 4 is 0 Å². The molecule has 0 amide bonds. The Morgan fingerprint density at radius 1 is 1.18 bits per heavy atom. The van der Waals surface area contributed by atoms with Gasteiger partial charge >= 0.3 is 0 Å². The zero-order valence-electron chi connectivity index (χ0n) is 5.70. The Morgan fingerprint density at radius 2 is 1.82 bits per heavy atom. The van der Waals surface area contributed by atoms with Crippen LogP contribution in [0.4, 0.5) is 0 Å². The van der Waals surface area contributed by atoms with E-state index in [1.165, 1.54) is 12.1 Å². The molecule has 0 heterocycles. The Hall–Kier alpha value is -1.93. The van der Waals surface area contributed by atoms with Gasteiger partial charge in [0.05, 0.1) is 0 Å². The van der Waals surface area contributed by atoms with Gasteiger partial charge in [-0.3, -0.25) is 0 Å². The van der Waals surface area contributed by atoms with Crippen molar-refractivity contribution in [1.29, 1.82) is 5.26 Å². The molecule has 1 N–H and O–H groups in total. The average molecular weight is 143 g/mol. The molecule has 2 nitrogen and oxygen atoms in total. The van der Waals surface area contributed by atoms with Crippen LogP contribution < -0.4 is 0 Å². The van der Waals surface area contributed by atoms with Crippen LogP contribution in [-0.4, -0.2) is 5.11 Å². The van der Waals surface area contributed by atoms with E-state index in [0.717, 1.165) is 5.56 Å². The van der Waals surface area contributed by atoms with Gasteiger partial charge in [-0.15, -0.1) is 0 Å². The second kappa shape index (κ2) is 3.29. The molecule has 0 aliphatic carbocycles. The van der Waals surface area contributed by atoms with E-state index in [9.17, 15) is 0 Å². The fourth-order valence-electron chi connectivity index (χ4n) is 0.645. The van der Waals surface area contributed by atoms with Crippen molar-refractivity contribution in [2.24, 2.45) is 0 Å². The van der Waals surface area contributed by atoms with Crippen molar-refractivity contribution in [3.05, 3.63) is 29.8 Å². The summed E-state index contributed by atoms with van der Waals surface area (Å²) in [5.41, 5.74) is 0.726. The number of nitriles is 1. The van der Waals surface area contributed by atoms with Crippen LogP contribution in [-0.2, 0) is 0 Å². The van der Waals surface area contributed by atoms with Gasteiger partial charge in [0.1, 0.15) is 5.75 Å². The molecule has 0 fully saturated rings. The summed E-state index contributed by atoms with van der Waals surface area (Å²) in [5, 5.41) is 17.0. The van der Waals surface area contributed by atoms with E-state index in [-0.39, 0.29) is 5.75 Å². The number of nitrogens with zero attached hydrogens (tertiary/aromatic N) is 1. The second-order valence-corrected chi connectivity index (χ2v) is 1.91. The molecule has 0 atom stereocenters. The lowest BCUT2D eigenvalue weighted by molar-refractivity contribution is 0.475. The largest absolute Gasteiger partial charge is 0.508 e. The molecule has 0 saturated carbocycles. The molecule has 52 valence electrons. The van der Waals surface area contributed by atoms with Crippen molar-refractivity contribution in [1.82, 2.24) is 0 Å². The molecule has 0 spiro atoms. The van der Waals surface area contributed by atoms with Gasteiger partial charge in [-0.2, -0.15) is 5.26 Å². The standard InChI is InChI=1S/C9H5NO/c10-7-1-2-8-3-5-9(11)6-4-8/h3-6,11H. The number of phenolic OH excluding ortho intramolecular Hbond substituents is 1. The zero-order chi connectivity index (χ0) is 8.10. The smallest absolute Gasteiger partial charge is 0.152 e. The quantitative estimate of drug-likeness (QED) is 0.556. The highest BCUT2D eigenvalue weighted by molar-refractivity contribution is 5.40. The van der Waals surface area contributed by atoms with Crippen LogP contribution in [0.1, 0.15) is 5.56 Å². The highest BCUT2D eigenvalue weighted by Gasteiger charge is 1.85.